The number of thiazole rings is 1. The molecule has 0 spiro atoms. The van der Waals surface area contributed by atoms with Crippen molar-refractivity contribution in [2.75, 3.05) is 0 Å². The zero-order valence-corrected chi connectivity index (χ0v) is 6.93. The molecule has 1 fully saturated rings. The minimum atomic E-state index is 0.661. The predicted octanol–water partition coefficient (Wildman–Crippen LogP) is 2.22. The summed E-state index contributed by atoms with van der Waals surface area (Å²) >= 11 is 1.54. The maximum absolute atomic E-state index is 10.3. The van der Waals surface area contributed by atoms with Gasteiger partial charge in [-0.1, -0.05) is 6.42 Å². The van der Waals surface area contributed by atoms with E-state index >= 15 is 0 Å². The highest BCUT2D eigenvalue weighted by atomic mass is 32.1. The molecule has 1 heterocycles. The number of hydrogen-bond acceptors (Lipinski definition) is 3. The number of carbonyl (C=O) groups is 1. The Hall–Kier alpha value is -0.700. The number of nitrogens with zero attached hydrogens (tertiary/aromatic N) is 1. The average molecular weight is 167 g/mol. The molecule has 0 atom stereocenters. The van der Waals surface area contributed by atoms with Crippen LogP contribution in [0.5, 0.6) is 0 Å². The van der Waals surface area contributed by atoms with E-state index in [1.807, 2.05) is 0 Å². The van der Waals surface area contributed by atoms with Gasteiger partial charge < -0.3 is 0 Å². The van der Waals surface area contributed by atoms with Gasteiger partial charge in [0.15, 0.2) is 6.29 Å². The molecule has 2 rings (SSSR count). The number of hydrogen-bond donors (Lipinski definition) is 0. The molecule has 1 aliphatic carbocycles. The number of aldehydes is 1. The molecule has 58 valence electrons. The summed E-state index contributed by atoms with van der Waals surface area (Å²) in [6.45, 7) is 0. The van der Waals surface area contributed by atoms with Crippen molar-refractivity contribution >= 4 is 17.6 Å². The minimum Gasteiger partial charge on any atom is -0.297 e. The average Bonchev–Trinajstić information content (AvgIpc) is 2.32. The van der Waals surface area contributed by atoms with Gasteiger partial charge in [-0.3, -0.25) is 4.79 Å². The summed E-state index contributed by atoms with van der Waals surface area (Å²) in [5, 5.41) is 1.15. The Morgan fingerprint density at radius 2 is 2.45 bits per heavy atom. The Labute approximate surface area is 69.3 Å². The van der Waals surface area contributed by atoms with Crippen LogP contribution in [0.15, 0.2) is 6.20 Å². The van der Waals surface area contributed by atoms with Gasteiger partial charge in [0.25, 0.3) is 0 Å². The summed E-state index contributed by atoms with van der Waals surface area (Å²) in [5.41, 5.74) is 0. The third-order valence-electron chi connectivity index (χ3n) is 2.11. The van der Waals surface area contributed by atoms with E-state index in [1.54, 1.807) is 6.20 Å². The van der Waals surface area contributed by atoms with E-state index in [-0.39, 0.29) is 0 Å². The summed E-state index contributed by atoms with van der Waals surface area (Å²) < 4.78 is 0. The largest absolute Gasteiger partial charge is 0.297 e. The molecule has 1 saturated carbocycles. The highest BCUT2D eigenvalue weighted by Crippen LogP contribution is 2.37. The smallest absolute Gasteiger partial charge is 0.161 e. The van der Waals surface area contributed by atoms with E-state index < -0.39 is 0 Å². The van der Waals surface area contributed by atoms with Gasteiger partial charge in [0.1, 0.15) is 0 Å². The zero-order valence-electron chi connectivity index (χ0n) is 6.12. The van der Waals surface area contributed by atoms with Crippen LogP contribution in [0.25, 0.3) is 0 Å². The molecule has 0 saturated heterocycles. The predicted molar refractivity (Wildman–Crippen MR) is 44.1 cm³/mol. The molecular formula is C8H9NOS. The Kier molecular flexibility index (Phi) is 1.74. The monoisotopic (exact) mass is 167 g/mol. The first kappa shape index (κ1) is 6.98. The lowest BCUT2D eigenvalue weighted by molar-refractivity contribution is 0.112. The summed E-state index contributed by atoms with van der Waals surface area (Å²) in [4.78, 5) is 15.3. The van der Waals surface area contributed by atoms with Crippen molar-refractivity contribution in [1.29, 1.82) is 0 Å². The van der Waals surface area contributed by atoms with Gasteiger partial charge in [-0.15, -0.1) is 11.3 Å². The number of carbonyl (C=O) groups excluding carboxylic acids is 1. The van der Waals surface area contributed by atoms with Crippen molar-refractivity contribution in [2.45, 2.75) is 25.2 Å². The zero-order chi connectivity index (χ0) is 7.68. The van der Waals surface area contributed by atoms with Crippen molar-refractivity contribution in [1.82, 2.24) is 4.98 Å². The van der Waals surface area contributed by atoms with Gasteiger partial charge in [-0.05, 0) is 12.8 Å². The summed E-state index contributed by atoms with van der Waals surface area (Å²) in [7, 11) is 0. The second kappa shape index (κ2) is 2.74. The molecule has 0 aromatic carbocycles. The van der Waals surface area contributed by atoms with Crippen LogP contribution >= 0.6 is 11.3 Å². The Balaban J connectivity index is 2.17. The van der Waals surface area contributed by atoms with E-state index in [1.165, 1.54) is 30.6 Å². The molecular weight excluding hydrogens is 158 g/mol. The first-order valence-corrected chi connectivity index (χ1v) is 4.62. The van der Waals surface area contributed by atoms with Gasteiger partial charge in [0, 0.05) is 12.1 Å². The lowest BCUT2D eigenvalue weighted by Crippen LogP contribution is -2.07. The van der Waals surface area contributed by atoms with Crippen LogP contribution < -0.4 is 0 Å². The second-order valence-electron chi connectivity index (χ2n) is 2.85. The summed E-state index contributed by atoms with van der Waals surface area (Å²) in [6, 6.07) is 0. The third-order valence-corrected chi connectivity index (χ3v) is 3.20. The van der Waals surface area contributed by atoms with Crippen molar-refractivity contribution in [3.05, 3.63) is 16.1 Å². The normalized spacial score (nSPS) is 17.8. The van der Waals surface area contributed by atoms with Crippen LogP contribution in [0.2, 0.25) is 0 Å². The van der Waals surface area contributed by atoms with Gasteiger partial charge in [-0.2, -0.15) is 0 Å². The van der Waals surface area contributed by atoms with E-state index in [9.17, 15) is 4.79 Å². The van der Waals surface area contributed by atoms with Crippen LogP contribution in [0.1, 0.15) is 39.9 Å². The SMILES string of the molecule is O=Cc1cnc(C2CCC2)s1. The molecule has 0 bridgehead atoms. The van der Waals surface area contributed by atoms with Crippen molar-refractivity contribution < 1.29 is 4.79 Å². The fraction of sp³-hybridized carbons (Fsp3) is 0.500. The number of aromatic nitrogens is 1. The van der Waals surface area contributed by atoms with Gasteiger partial charge >= 0.3 is 0 Å². The maximum Gasteiger partial charge on any atom is 0.161 e. The van der Waals surface area contributed by atoms with Crippen LogP contribution in [0.3, 0.4) is 0 Å². The fourth-order valence-electron chi connectivity index (χ4n) is 1.20. The van der Waals surface area contributed by atoms with E-state index in [0.717, 1.165) is 16.2 Å². The quantitative estimate of drug-likeness (QED) is 0.632. The molecule has 0 N–H and O–H groups in total. The standard InChI is InChI=1S/C8H9NOS/c10-5-7-4-9-8(11-7)6-2-1-3-6/h4-6H,1-3H2. The van der Waals surface area contributed by atoms with Crippen molar-refractivity contribution in [3.63, 3.8) is 0 Å². The topological polar surface area (TPSA) is 30.0 Å². The first-order valence-electron chi connectivity index (χ1n) is 3.81. The fourth-order valence-corrected chi connectivity index (χ4v) is 2.10. The Bertz CT molecular complexity index is 265. The Morgan fingerprint density at radius 3 is 2.91 bits per heavy atom. The molecule has 11 heavy (non-hydrogen) atoms. The molecule has 0 amide bonds. The number of rotatable bonds is 2. The Morgan fingerprint density at radius 1 is 1.64 bits per heavy atom. The molecule has 0 radical (unpaired) electrons. The lowest BCUT2D eigenvalue weighted by atomic mass is 9.86. The highest BCUT2D eigenvalue weighted by molar-refractivity contribution is 7.13. The second-order valence-corrected chi connectivity index (χ2v) is 3.94. The minimum absolute atomic E-state index is 0.661. The third kappa shape index (κ3) is 1.20. The first-order chi connectivity index (χ1) is 5.40. The van der Waals surface area contributed by atoms with E-state index in [0.29, 0.717) is 5.92 Å². The molecule has 2 nitrogen and oxygen atoms in total. The molecule has 0 aliphatic heterocycles. The molecule has 1 aromatic heterocycles. The summed E-state index contributed by atoms with van der Waals surface area (Å²) in [6.07, 6.45) is 6.38. The molecule has 3 heteroatoms. The lowest BCUT2D eigenvalue weighted by Gasteiger charge is -2.22. The van der Waals surface area contributed by atoms with Crippen molar-refractivity contribution in [3.8, 4) is 0 Å². The van der Waals surface area contributed by atoms with Crippen LogP contribution in [0, 0.1) is 0 Å². The van der Waals surface area contributed by atoms with Gasteiger partial charge in [0.2, 0.25) is 0 Å². The van der Waals surface area contributed by atoms with Gasteiger partial charge in [0.05, 0.1) is 9.88 Å². The highest BCUT2D eigenvalue weighted by Gasteiger charge is 2.22. The maximum atomic E-state index is 10.3. The molecule has 1 aromatic rings. The van der Waals surface area contributed by atoms with Crippen LogP contribution in [-0.2, 0) is 0 Å². The van der Waals surface area contributed by atoms with Crippen LogP contribution in [0.4, 0.5) is 0 Å². The van der Waals surface area contributed by atoms with Crippen LogP contribution in [-0.4, -0.2) is 11.3 Å². The molecule has 1 aliphatic rings. The van der Waals surface area contributed by atoms with E-state index in [2.05, 4.69) is 4.98 Å². The van der Waals surface area contributed by atoms with Gasteiger partial charge in [-0.25, -0.2) is 4.98 Å². The van der Waals surface area contributed by atoms with Crippen molar-refractivity contribution in [2.24, 2.45) is 0 Å². The molecule has 0 unspecified atom stereocenters. The van der Waals surface area contributed by atoms with E-state index in [4.69, 9.17) is 0 Å². The summed E-state index contributed by atoms with van der Waals surface area (Å²) in [5.74, 6) is 0.661.